The lowest BCUT2D eigenvalue weighted by Gasteiger charge is -2.42. The number of carbonyl (C=O) groups excluding carboxylic acids is 4. The number of carbonyl (C=O) groups is 4. The number of hydrogen-bond acceptors (Lipinski definition) is 7. The Hall–Kier alpha value is -2.72. The summed E-state index contributed by atoms with van der Waals surface area (Å²) in [7, 11) is 0. The van der Waals surface area contributed by atoms with Crippen LogP contribution in [0, 0.1) is 11.8 Å². The van der Waals surface area contributed by atoms with E-state index in [-0.39, 0.29) is 30.9 Å². The lowest BCUT2D eigenvalue weighted by molar-refractivity contribution is -0.159. The fraction of sp³-hybridized carbons (Fsp3) is 0.733. The minimum atomic E-state index is -1.10. The summed E-state index contributed by atoms with van der Waals surface area (Å²) in [6.45, 7) is 15.8. The van der Waals surface area contributed by atoms with Crippen molar-refractivity contribution in [1.82, 2.24) is 15.1 Å². The van der Waals surface area contributed by atoms with Crippen LogP contribution >= 0.6 is 0 Å². The second-order valence-electron chi connectivity index (χ2n) is 12.2. The lowest BCUT2D eigenvalue weighted by atomic mass is 9.70. The van der Waals surface area contributed by atoms with Crippen molar-refractivity contribution in [3.05, 3.63) is 25.3 Å². The second kappa shape index (κ2) is 13.3. The third-order valence-corrected chi connectivity index (χ3v) is 8.23. The van der Waals surface area contributed by atoms with E-state index in [2.05, 4.69) is 18.5 Å². The molecule has 2 bridgehead atoms. The Bertz CT molecular complexity index is 977. The number of rotatable bonds is 15. The molecule has 3 rings (SSSR count). The van der Waals surface area contributed by atoms with Gasteiger partial charge in [-0.15, -0.1) is 13.2 Å². The third kappa shape index (κ3) is 6.43. The number of allylic oxidation sites excluding steroid dienone is 1. The predicted molar refractivity (Wildman–Crippen MR) is 150 cm³/mol. The third-order valence-electron chi connectivity index (χ3n) is 8.23. The molecule has 0 unspecified atom stereocenters. The zero-order valence-corrected chi connectivity index (χ0v) is 24.5. The first-order valence-electron chi connectivity index (χ1n) is 14.5. The molecule has 10 nitrogen and oxygen atoms in total. The van der Waals surface area contributed by atoms with Gasteiger partial charge in [0.05, 0.1) is 24.5 Å². The number of likely N-dealkylation sites (tertiary alicyclic amines) is 1. The van der Waals surface area contributed by atoms with Crippen LogP contribution in [-0.4, -0.2) is 94.2 Å². The summed E-state index contributed by atoms with van der Waals surface area (Å²) in [4.78, 5) is 57.0. The Morgan fingerprint density at radius 2 is 1.98 bits per heavy atom. The summed E-state index contributed by atoms with van der Waals surface area (Å²) in [6, 6.07) is -0.859. The van der Waals surface area contributed by atoms with Crippen molar-refractivity contribution in [2.75, 3.05) is 26.2 Å². The van der Waals surface area contributed by atoms with E-state index in [0.717, 1.165) is 0 Å². The van der Waals surface area contributed by atoms with Gasteiger partial charge >= 0.3 is 5.97 Å². The highest BCUT2D eigenvalue weighted by atomic mass is 16.6. The average Bonchev–Trinajstić information content (AvgIpc) is 3.53. The maximum atomic E-state index is 14.2. The highest BCUT2D eigenvalue weighted by Crippen LogP contribution is 2.59. The fourth-order valence-electron chi connectivity index (χ4n) is 6.38. The van der Waals surface area contributed by atoms with Crippen LogP contribution < -0.4 is 5.32 Å². The molecule has 224 valence electrons. The normalized spacial score (nSPS) is 27.7. The molecular weight excluding hydrogens is 514 g/mol. The molecule has 1 spiro atoms. The highest BCUT2D eigenvalue weighted by Gasteiger charge is 2.75. The highest BCUT2D eigenvalue weighted by molar-refractivity contribution is 5.98. The van der Waals surface area contributed by atoms with Crippen LogP contribution in [0.15, 0.2) is 25.3 Å². The minimum absolute atomic E-state index is 0.0611. The number of esters is 1. The van der Waals surface area contributed by atoms with Gasteiger partial charge < -0.3 is 29.7 Å². The van der Waals surface area contributed by atoms with Gasteiger partial charge in [0.25, 0.3) is 0 Å². The van der Waals surface area contributed by atoms with Crippen molar-refractivity contribution < 1.29 is 33.8 Å². The second-order valence-corrected chi connectivity index (χ2v) is 12.2. The number of unbranched alkanes of at least 4 members (excludes halogenated alkanes) is 2. The molecule has 10 heteroatoms. The minimum Gasteiger partial charge on any atom is -0.460 e. The monoisotopic (exact) mass is 561 g/mol. The Kier molecular flexibility index (Phi) is 10.6. The van der Waals surface area contributed by atoms with E-state index >= 15 is 0 Å². The first kappa shape index (κ1) is 31.8. The molecule has 3 aliphatic heterocycles. The van der Waals surface area contributed by atoms with Crippen molar-refractivity contribution in [3.63, 3.8) is 0 Å². The number of nitrogens with zero attached hydrogens (tertiary/aromatic N) is 2. The van der Waals surface area contributed by atoms with Crippen LogP contribution in [-0.2, 0) is 28.7 Å². The van der Waals surface area contributed by atoms with Crippen molar-refractivity contribution >= 4 is 23.7 Å². The average molecular weight is 562 g/mol. The molecule has 0 aromatic rings. The van der Waals surface area contributed by atoms with Crippen molar-refractivity contribution in [2.24, 2.45) is 11.8 Å². The molecule has 3 aliphatic rings. The van der Waals surface area contributed by atoms with Gasteiger partial charge in [0.2, 0.25) is 17.7 Å². The molecule has 0 aliphatic carbocycles. The van der Waals surface area contributed by atoms with Crippen LogP contribution in [0.4, 0.5) is 0 Å². The molecule has 3 saturated heterocycles. The van der Waals surface area contributed by atoms with Gasteiger partial charge in [0.15, 0.2) is 0 Å². The molecule has 40 heavy (non-hydrogen) atoms. The number of aliphatic hydroxyl groups is 1. The molecule has 0 aromatic carbocycles. The molecule has 6 atom stereocenters. The van der Waals surface area contributed by atoms with Gasteiger partial charge in [-0.25, -0.2) is 0 Å². The van der Waals surface area contributed by atoms with E-state index in [0.29, 0.717) is 58.0 Å². The maximum absolute atomic E-state index is 14.2. The standard InChI is InChI=1S/C30H47N3O7/c1-7-9-13-22(35)31-19-20(3)39-28(38)23-21-14-15-30(40-21)24(23)26(36)32(17-11-10-12-18-34)25(30)27(37)33(16-8-2)29(4,5)6/h7-8,20-21,23-25,34H,1-2,9-19H2,3-6H3,(H,31,35)/t20-,21-,23+,24+,25-,30+/m0/s1. The van der Waals surface area contributed by atoms with Crippen LogP contribution in [0.3, 0.4) is 0 Å². The van der Waals surface area contributed by atoms with Crippen molar-refractivity contribution in [3.8, 4) is 0 Å². The molecule has 2 N–H and O–H groups in total. The maximum Gasteiger partial charge on any atom is 0.312 e. The number of hydrogen-bond donors (Lipinski definition) is 2. The van der Waals surface area contributed by atoms with Crippen LogP contribution in [0.5, 0.6) is 0 Å². The zero-order chi connectivity index (χ0) is 29.7. The number of ether oxygens (including phenoxy) is 2. The first-order valence-corrected chi connectivity index (χ1v) is 14.5. The molecular formula is C30H47N3O7. The number of amides is 3. The summed E-state index contributed by atoms with van der Waals surface area (Å²) in [5.74, 6) is -2.80. The SMILES string of the molecule is C=CCCC(=O)NC[C@H](C)OC(=O)[C@@H]1[C@@H]2CC[C@]3(O2)[C@H](C(=O)N(CC=C)C(C)(C)C)N(CCCCCO)C(=O)[C@@H]13. The summed E-state index contributed by atoms with van der Waals surface area (Å²) in [5.41, 5.74) is -1.63. The molecule has 3 fully saturated rings. The molecule has 0 saturated carbocycles. The first-order chi connectivity index (χ1) is 18.9. The van der Waals surface area contributed by atoms with Gasteiger partial charge in [-0.2, -0.15) is 0 Å². The molecule has 3 amide bonds. The Morgan fingerprint density at radius 3 is 2.60 bits per heavy atom. The summed E-state index contributed by atoms with van der Waals surface area (Å²) < 4.78 is 12.2. The van der Waals surface area contributed by atoms with Gasteiger partial charge in [-0.1, -0.05) is 12.2 Å². The van der Waals surface area contributed by atoms with Crippen LogP contribution in [0.25, 0.3) is 0 Å². The topological polar surface area (TPSA) is 125 Å². The lowest BCUT2D eigenvalue weighted by Crippen LogP contribution is -2.59. The molecule has 0 radical (unpaired) electrons. The zero-order valence-electron chi connectivity index (χ0n) is 24.5. The van der Waals surface area contributed by atoms with Crippen molar-refractivity contribution in [1.29, 1.82) is 0 Å². The van der Waals surface area contributed by atoms with E-state index in [9.17, 15) is 24.3 Å². The van der Waals surface area contributed by atoms with E-state index < -0.39 is 47.2 Å². The molecule has 0 aromatic heterocycles. The smallest absolute Gasteiger partial charge is 0.312 e. The van der Waals surface area contributed by atoms with E-state index in [1.54, 1.807) is 28.9 Å². The van der Waals surface area contributed by atoms with Crippen molar-refractivity contribution in [2.45, 2.75) is 102 Å². The van der Waals surface area contributed by atoms with E-state index in [4.69, 9.17) is 9.47 Å². The predicted octanol–water partition coefficient (Wildman–Crippen LogP) is 2.35. The van der Waals surface area contributed by atoms with Gasteiger partial charge in [0.1, 0.15) is 17.7 Å². The number of aliphatic hydroxyl groups excluding tert-OH is 1. The van der Waals surface area contributed by atoms with E-state index in [1.165, 1.54) is 0 Å². The van der Waals surface area contributed by atoms with Crippen LogP contribution in [0.2, 0.25) is 0 Å². The quantitative estimate of drug-likeness (QED) is 0.179. The summed E-state index contributed by atoms with van der Waals surface area (Å²) in [5, 5.41) is 12.0. The summed E-state index contributed by atoms with van der Waals surface area (Å²) in [6.07, 6.45) is 6.09. The Balaban J connectivity index is 1.85. The van der Waals surface area contributed by atoms with Gasteiger partial charge in [-0.05, 0) is 66.2 Å². The number of nitrogens with one attached hydrogen (secondary N) is 1. The largest absolute Gasteiger partial charge is 0.460 e. The Labute approximate surface area is 238 Å². The van der Waals surface area contributed by atoms with Gasteiger partial charge in [-0.3, -0.25) is 19.2 Å². The fourth-order valence-corrected chi connectivity index (χ4v) is 6.38. The summed E-state index contributed by atoms with van der Waals surface area (Å²) >= 11 is 0. The van der Waals surface area contributed by atoms with E-state index in [1.807, 2.05) is 20.8 Å². The van der Waals surface area contributed by atoms with Crippen LogP contribution in [0.1, 0.15) is 72.6 Å². The van der Waals surface area contributed by atoms with Gasteiger partial charge in [0, 0.05) is 31.7 Å². The molecule has 3 heterocycles. The number of fused-ring (bicyclic) bond motifs is 1. The Morgan fingerprint density at radius 1 is 1.25 bits per heavy atom.